The molecule has 0 aromatic carbocycles. The van der Waals surface area contributed by atoms with Gasteiger partial charge in [-0.2, -0.15) is 0 Å². The molecule has 3 nitrogen and oxygen atoms in total. The van der Waals surface area contributed by atoms with Crippen LogP contribution in [0.1, 0.15) is 39.0 Å². The molecule has 1 N–H and O–H groups in total. The largest absolute Gasteiger partial charge is 0.381 e. The monoisotopic (exact) mass is 215 g/mol. The molecule has 0 radical (unpaired) electrons. The summed E-state index contributed by atoms with van der Waals surface area (Å²) in [5.41, 5.74) is 0. The summed E-state index contributed by atoms with van der Waals surface area (Å²) < 4.78 is 11.3. The lowest BCUT2D eigenvalue weighted by Crippen LogP contribution is -2.34. The standard InChI is InChI=1S/C12H25NO2/c1-4-10(13-2)9-15-12-7-5-6-11(8-12)14-3/h10-13H,4-9H2,1-3H3. The minimum absolute atomic E-state index is 0.408. The number of methoxy groups -OCH3 is 1. The minimum Gasteiger partial charge on any atom is -0.381 e. The predicted molar refractivity (Wildman–Crippen MR) is 62.1 cm³/mol. The molecule has 0 bridgehead atoms. The second kappa shape index (κ2) is 7.20. The zero-order valence-corrected chi connectivity index (χ0v) is 10.3. The highest BCUT2D eigenvalue weighted by molar-refractivity contribution is 4.74. The Bertz CT molecular complexity index is 160. The molecule has 0 heterocycles. The highest BCUT2D eigenvalue weighted by Gasteiger charge is 2.22. The third-order valence-corrected chi connectivity index (χ3v) is 3.35. The SMILES string of the molecule is CCC(COC1CCCC(OC)C1)NC. The van der Waals surface area contributed by atoms with Crippen LogP contribution in [0.2, 0.25) is 0 Å². The molecule has 0 amide bonds. The molecular weight excluding hydrogens is 190 g/mol. The third-order valence-electron chi connectivity index (χ3n) is 3.35. The van der Waals surface area contributed by atoms with Crippen molar-refractivity contribution in [3.05, 3.63) is 0 Å². The third kappa shape index (κ3) is 4.49. The molecule has 3 heteroatoms. The van der Waals surface area contributed by atoms with Crippen LogP contribution in [0.4, 0.5) is 0 Å². The lowest BCUT2D eigenvalue weighted by Gasteiger charge is -2.29. The van der Waals surface area contributed by atoms with Gasteiger partial charge in [-0.25, -0.2) is 0 Å². The molecule has 1 saturated carbocycles. The van der Waals surface area contributed by atoms with Crippen LogP contribution in [0, 0.1) is 0 Å². The molecule has 0 saturated heterocycles. The first kappa shape index (κ1) is 12.9. The van der Waals surface area contributed by atoms with Gasteiger partial charge in [-0.3, -0.25) is 0 Å². The van der Waals surface area contributed by atoms with Gasteiger partial charge in [0.15, 0.2) is 0 Å². The fraction of sp³-hybridized carbons (Fsp3) is 1.00. The summed E-state index contributed by atoms with van der Waals surface area (Å²) in [6.07, 6.45) is 6.64. The van der Waals surface area contributed by atoms with E-state index < -0.39 is 0 Å². The van der Waals surface area contributed by atoms with Crippen LogP contribution in [0.3, 0.4) is 0 Å². The maximum Gasteiger partial charge on any atom is 0.0623 e. The van der Waals surface area contributed by atoms with Gasteiger partial charge in [0.25, 0.3) is 0 Å². The second-order valence-corrected chi connectivity index (χ2v) is 4.37. The molecular formula is C12H25NO2. The van der Waals surface area contributed by atoms with E-state index in [1.807, 2.05) is 7.05 Å². The van der Waals surface area contributed by atoms with Crippen LogP contribution in [0.25, 0.3) is 0 Å². The van der Waals surface area contributed by atoms with Crippen molar-refractivity contribution < 1.29 is 9.47 Å². The predicted octanol–water partition coefficient (Wildman–Crippen LogP) is 1.96. The van der Waals surface area contributed by atoms with E-state index in [9.17, 15) is 0 Å². The molecule has 0 aromatic heterocycles. The van der Waals surface area contributed by atoms with E-state index >= 15 is 0 Å². The fourth-order valence-electron chi connectivity index (χ4n) is 2.13. The molecule has 15 heavy (non-hydrogen) atoms. The molecule has 1 rings (SSSR count). The Morgan fingerprint density at radius 2 is 2.07 bits per heavy atom. The van der Waals surface area contributed by atoms with Crippen LogP contribution in [0.5, 0.6) is 0 Å². The van der Waals surface area contributed by atoms with Gasteiger partial charge in [-0.1, -0.05) is 6.92 Å². The summed E-state index contributed by atoms with van der Waals surface area (Å²) in [6, 6.07) is 0.493. The first-order valence-corrected chi connectivity index (χ1v) is 6.11. The fourth-order valence-corrected chi connectivity index (χ4v) is 2.13. The van der Waals surface area contributed by atoms with Gasteiger partial charge in [-0.15, -0.1) is 0 Å². The van der Waals surface area contributed by atoms with Crippen molar-refractivity contribution in [1.82, 2.24) is 5.32 Å². The molecule has 0 spiro atoms. The molecule has 0 aliphatic heterocycles. The van der Waals surface area contributed by atoms with Gasteiger partial charge < -0.3 is 14.8 Å². The summed E-state index contributed by atoms with van der Waals surface area (Å²) >= 11 is 0. The maximum absolute atomic E-state index is 5.92. The number of nitrogens with one attached hydrogen (secondary N) is 1. The number of hydrogen-bond donors (Lipinski definition) is 1. The zero-order chi connectivity index (χ0) is 11.1. The quantitative estimate of drug-likeness (QED) is 0.734. The normalized spacial score (nSPS) is 29.0. The second-order valence-electron chi connectivity index (χ2n) is 4.37. The zero-order valence-electron chi connectivity index (χ0n) is 10.3. The Kier molecular flexibility index (Phi) is 6.22. The molecule has 3 atom stereocenters. The molecule has 1 fully saturated rings. The van der Waals surface area contributed by atoms with Crippen LogP contribution >= 0.6 is 0 Å². The highest BCUT2D eigenvalue weighted by atomic mass is 16.5. The van der Waals surface area contributed by atoms with Crippen molar-refractivity contribution in [1.29, 1.82) is 0 Å². The topological polar surface area (TPSA) is 30.5 Å². The van der Waals surface area contributed by atoms with Crippen molar-refractivity contribution in [2.75, 3.05) is 20.8 Å². The Hall–Kier alpha value is -0.120. The van der Waals surface area contributed by atoms with Crippen molar-refractivity contribution >= 4 is 0 Å². The van der Waals surface area contributed by atoms with E-state index in [2.05, 4.69) is 12.2 Å². The average Bonchev–Trinajstić information content (AvgIpc) is 2.31. The van der Waals surface area contributed by atoms with Gasteiger partial charge >= 0.3 is 0 Å². The smallest absolute Gasteiger partial charge is 0.0623 e. The molecule has 3 unspecified atom stereocenters. The van der Waals surface area contributed by atoms with Gasteiger partial charge in [-0.05, 0) is 39.2 Å². The van der Waals surface area contributed by atoms with E-state index in [1.54, 1.807) is 7.11 Å². The summed E-state index contributed by atoms with van der Waals surface area (Å²) in [5, 5.41) is 3.26. The first-order chi connectivity index (χ1) is 7.30. The Morgan fingerprint density at radius 1 is 1.33 bits per heavy atom. The summed E-state index contributed by atoms with van der Waals surface area (Å²) in [5.74, 6) is 0. The van der Waals surface area contributed by atoms with E-state index in [4.69, 9.17) is 9.47 Å². The van der Waals surface area contributed by atoms with Crippen LogP contribution in [0.15, 0.2) is 0 Å². The lowest BCUT2D eigenvalue weighted by molar-refractivity contribution is -0.0351. The molecule has 1 aliphatic carbocycles. The molecule has 90 valence electrons. The van der Waals surface area contributed by atoms with Crippen molar-refractivity contribution in [2.24, 2.45) is 0 Å². The Morgan fingerprint density at radius 3 is 2.67 bits per heavy atom. The van der Waals surface area contributed by atoms with Crippen LogP contribution < -0.4 is 5.32 Å². The van der Waals surface area contributed by atoms with E-state index in [1.165, 1.54) is 19.3 Å². The summed E-state index contributed by atoms with van der Waals surface area (Å²) in [4.78, 5) is 0. The molecule has 1 aliphatic rings. The van der Waals surface area contributed by atoms with Gasteiger partial charge in [0, 0.05) is 13.2 Å². The highest BCUT2D eigenvalue weighted by Crippen LogP contribution is 2.23. The average molecular weight is 215 g/mol. The van der Waals surface area contributed by atoms with Gasteiger partial charge in [0.05, 0.1) is 18.8 Å². The van der Waals surface area contributed by atoms with Gasteiger partial charge in [0.1, 0.15) is 0 Å². The summed E-state index contributed by atoms with van der Waals surface area (Å²) in [7, 11) is 3.80. The summed E-state index contributed by atoms with van der Waals surface area (Å²) in [6.45, 7) is 3.01. The Balaban J connectivity index is 2.20. The lowest BCUT2D eigenvalue weighted by atomic mass is 9.95. The van der Waals surface area contributed by atoms with Crippen molar-refractivity contribution in [3.8, 4) is 0 Å². The number of hydrogen-bond acceptors (Lipinski definition) is 3. The number of likely N-dealkylation sites (N-methyl/N-ethyl adjacent to an activating group) is 1. The maximum atomic E-state index is 5.92. The minimum atomic E-state index is 0.408. The number of ether oxygens (including phenoxy) is 2. The van der Waals surface area contributed by atoms with Gasteiger partial charge in [0.2, 0.25) is 0 Å². The van der Waals surface area contributed by atoms with Crippen molar-refractivity contribution in [3.63, 3.8) is 0 Å². The Labute approximate surface area is 93.5 Å². The van der Waals surface area contributed by atoms with E-state index in [0.29, 0.717) is 18.2 Å². The van der Waals surface area contributed by atoms with Crippen LogP contribution in [-0.4, -0.2) is 39.0 Å². The van der Waals surface area contributed by atoms with Crippen molar-refractivity contribution in [2.45, 2.75) is 57.3 Å². The van der Waals surface area contributed by atoms with E-state index in [-0.39, 0.29) is 0 Å². The first-order valence-electron chi connectivity index (χ1n) is 6.11. The van der Waals surface area contributed by atoms with Crippen LogP contribution in [-0.2, 0) is 9.47 Å². The molecule has 0 aromatic rings. The number of rotatable bonds is 6. The van der Waals surface area contributed by atoms with E-state index in [0.717, 1.165) is 19.4 Å².